The minimum atomic E-state index is -4.32. The van der Waals surface area contributed by atoms with E-state index in [0.29, 0.717) is 23.4 Å². The van der Waals surface area contributed by atoms with E-state index in [1.54, 1.807) is 43.5 Å². The van der Waals surface area contributed by atoms with Crippen molar-refractivity contribution in [1.82, 2.24) is 24.6 Å². The Labute approximate surface area is 263 Å². The lowest BCUT2D eigenvalue weighted by Gasteiger charge is -2.26. The third kappa shape index (κ3) is 10.0. The van der Waals surface area contributed by atoms with E-state index in [1.807, 2.05) is 27.9 Å². The van der Waals surface area contributed by atoms with Crippen LogP contribution in [0.1, 0.15) is 60.6 Å². The summed E-state index contributed by atoms with van der Waals surface area (Å²) in [5, 5.41) is 2.67. The zero-order valence-electron chi connectivity index (χ0n) is 27.0. The standard InChI is InChI=1S/C28H44N7O9P/c1-10-19-12-20(44-25(19)35-14-30-22-23(34(8)9)31-27(29)32-24(22)35)13-40-45(38,41-15-39-28(37)43-18(6)7)33-21(11-16(2)3)26(36)42-17(4)5/h1,14,16-21,25H,11-13,15H2,2-9H3,(H,33,38)(H2,29,31,32)/t19-,20-,21-,25+,45?/m0/s1. The monoisotopic (exact) mass is 653 g/mol. The number of aromatic nitrogens is 4. The number of terminal acetylenes is 1. The molecule has 0 spiro atoms. The predicted octanol–water partition coefficient (Wildman–Crippen LogP) is 3.63. The molecule has 3 rings (SSSR count). The lowest BCUT2D eigenvalue weighted by atomic mass is 10.0. The van der Waals surface area contributed by atoms with Gasteiger partial charge in [-0.05, 0) is 46.5 Å². The fraction of sp³-hybridized carbons (Fsp3) is 0.679. The SMILES string of the molecule is C#C[C@H]1C[C@@H](COP(=O)(N[C@@H](CC(C)C)C(=O)OC(C)C)OCOC(=O)OC(C)C)O[C@H]1n1cnc2c(N(C)C)nc(N)nc21. The van der Waals surface area contributed by atoms with Crippen LogP contribution in [-0.2, 0) is 37.4 Å². The molecule has 5 atom stereocenters. The average molecular weight is 654 g/mol. The number of esters is 1. The Morgan fingerprint density at radius 2 is 1.87 bits per heavy atom. The molecular formula is C28H44N7O9P. The lowest BCUT2D eigenvalue weighted by molar-refractivity contribution is -0.150. The highest BCUT2D eigenvalue weighted by Crippen LogP contribution is 2.46. The van der Waals surface area contributed by atoms with E-state index in [2.05, 4.69) is 26.0 Å². The highest BCUT2D eigenvalue weighted by molar-refractivity contribution is 7.51. The maximum atomic E-state index is 14.0. The van der Waals surface area contributed by atoms with E-state index < -0.39 is 63.2 Å². The van der Waals surface area contributed by atoms with Crippen molar-refractivity contribution in [3.05, 3.63) is 6.33 Å². The van der Waals surface area contributed by atoms with Crippen molar-refractivity contribution in [3.8, 4) is 12.3 Å². The quantitative estimate of drug-likeness (QED) is 0.122. The van der Waals surface area contributed by atoms with Gasteiger partial charge in [0.1, 0.15) is 6.04 Å². The van der Waals surface area contributed by atoms with Gasteiger partial charge in [0.25, 0.3) is 0 Å². The van der Waals surface area contributed by atoms with Crippen LogP contribution in [0.3, 0.4) is 0 Å². The van der Waals surface area contributed by atoms with Gasteiger partial charge in [0, 0.05) is 14.1 Å². The zero-order valence-corrected chi connectivity index (χ0v) is 27.9. The van der Waals surface area contributed by atoms with Crippen LogP contribution < -0.4 is 15.7 Å². The van der Waals surface area contributed by atoms with Crippen LogP contribution >= 0.6 is 7.75 Å². The number of ether oxygens (including phenoxy) is 4. The number of nitrogens with two attached hydrogens (primary N) is 1. The van der Waals surface area contributed by atoms with E-state index >= 15 is 0 Å². The molecule has 250 valence electrons. The van der Waals surface area contributed by atoms with E-state index in [4.69, 9.17) is 40.2 Å². The highest BCUT2D eigenvalue weighted by Gasteiger charge is 2.40. The molecule has 1 fully saturated rings. The van der Waals surface area contributed by atoms with E-state index in [1.165, 1.54) is 0 Å². The first kappa shape index (κ1) is 36.0. The summed E-state index contributed by atoms with van der Waals surface area (Å²) in [6.07, 6.45) is 4.76. The molecule has 3 heterocycles. The Bertz CT molecular complexity index is 1410. The minimum Gasteiger partial charge on any atom is -0.462 e. The maximum absolute atomic E-state index is 14.0. The summed E-state index contributed by atoms with van der Waals surface area (Å²) in [4.78, 5) is 39.6. The summed E-state index contributed by atoms with van der Waals surface area (Å²) < 4.78 is 48.3. The molecule has 0 amide bonds. The molecule has 0 bridgehead atoms. The molecule has 1 unspecified atom stereocenters. The molecule has 45 heavy (non-hydrogen) atoms. The molecule has 2 aromatic rings. The van der Waals surface area contributed by atoms with Crippen molar-refractivity contribution in [1.29, 1.82) is 0 Å². The van der Waals surface area contributed by atoms with Gasteiger partial charge in [-0.2, -0.15) is 9.97 Å². The number of carbonyl (C=O) groups is 2. The van der Waals surface area contributed by atoms with Crippen molar-refractivity contribution < 1.29 is 42.1 Å². The molecule has 1 aliphatic heterocycles. The maximum Gasteiger partial charge on any atom is 0.510 e. The average Bonchev–Trinajstić information content (AvgIpc) is 3.53. The number of imidazole rings is 1. The lowest BCUT2D eigenvalue weighted by Crippen LogP contribution is -2.39. The van der Waals surface area contributed by atoms with Crippen molar-refractivity contribution in [2.45, 2.75) is 85.0 Å². The van der Waals surface area contributed by atoms with E-state index in [9.17, 15) is 14.2 Å². The molecular weight excluding hydrogens is 609 g/mol. The first-order valence-corrected chi connectivity index (χ1v) is 16.2. The number of nitrogens with one attached hydrogen (secondary N) is 1. The molecule has 17 heteroatoms. The smallest absolute Gasteiger partial charge is 0.462 e. The Kier molecular flexibility index (Phi) is 12.5. The Morgan fingerprint density at radius 3 is 2.47 bits per heavy atom. The molecule has 3 N–H and O–H groups in total. The van der Waals surface area contributed by atoms with Gasteiger partial charge in [-0.25, -0.2) is 19.4 Å². The number of nitrogens with zero attached hydrogens (tertiary/aromatic N) is 5. The van der Waals surface area contributed by atoms with Crippen LogP contribution in [0, 0.1) is 24.2 Å². The number of carbonyl (C=O) groups excluding carboxylic acids is 2. The topological polar surface area (TPSA) is 191 Å². The third-order valence-electron chi connectivity index (χ3n) is 6.34. The van der Waals surface area contributed by atoms with Crippen LogP contribution in [0.15, 0.2) is 6.33 Å². The van der Waals surface area contributed by atoms with Crippen LogP contribution in [0.5, 0.6) is 0 Å². The normalized spacial score (nSPS) is 20.3. The van der Waals surface area contributed by atoms with Crippen molar-refractivity contribution in [2.75, 3.05) is 38.1 Å². The molecule has 0 aliphatic carbocycles. The van der Waals surface area contributed by atoms with Gasteiger partial charge in [0.2, 0.25) is 12.7 Å². The molecule has 1 saturated heterocycles. The van der Waals surface area contributed by atoms with E-state index in [-0.39, 0.29) is 24.9 Å². The number of anilines is 2. The minimum absolute atomic E-state index is 0.0131. The summed E-state index contributed by atoms with van der Waals surface area (Å²) >= 11 is 0. The predicted molar refractivity (Wildman–Crippen MR) is 165 cm³/mol. The number of hydrogen-bond acceptors (Lipinski definition) is 14. The number of rotatable bonds is 15. The van der Waals surface area contributed by atoms with Crippen LogP contribution in [0.4, 0.5) is 16.6 Å². The fourth-order valence-electron chi connectivity index (χ4n) is 4.52. The van der Waals surface area contributed by atoms with Gasteiger partial charge in [-0.3, -0.25) is 18.4 Å². The summed E-state index contributed by atoms with van der Waals surface area (Å²) in [7, 11) is -0.700. The number of hydrogen-bond donors (Lipinski definition) is 2. The molecule has 0 radical (unpaired) electrons. The van der Waals surface area contributed by atoms with Crippen molar-refractivity contribution in [3.63, 3.8) is 0 Å². The molecule has 2 aromatic heterocycles. The highest BCUT2D eigenvalue weighted by atomic mass is 31.2. The largest absolute Gasteiger partial charge is 0.510 e. The van der Waals surface area contributed by atoms with E-state index in [0.717, 1.165) is 0 Å². The summed E-state index contributed by atoms with van der Waals surface area (Å²) in [5.41, 5.74) is 6.90. The first-order chi connectivity index (χ1) is 21.1. The Morgan fingerprint density at radius 1 is 1.18 bits per heavy atom. The second kappa shape index (κ2) is 15.7. The summed E-state index contributed by atoms with van der Waals surface area (Å²) in [5.74, 6) is 2.25. The van der Waals surface area contributed by atoms with Crippen molar-refractivity contribution >= 4 is 42.8 Å². The number of nitrogen functional groups attached to an aromatic ring is 1. The van der Waals surface area contributed by atoms with Crippen LogP contribution in [-0.4, -0.2) is 83.5 Å². The Balaban J connectivity index is 1.81. The zero-order chi connectivity index (χ0) is 33.5. The second-order valence-electron chi connectivity index (χ2n) is 11.7. The van der Waals surface area contributed by atoms with Crippen molar-refractivity contribution in [2.24, 2.45) is 11.8 Å². The molecule has 0 saturated carbocycles. The number of fused-ring (bicyclic) bond motifs is 1. The fourth-order valence-corrected chi connectivity index (χ4v) is 5.89. The third-order valence-corrected chi connectivity index (χ3v) is 7.91. The van der Waals surface area contributed by atoms with Gasteiger partial charge < -0.3 is 29.6 Å². The van der Waals surface area contributed by atoms with Gasteiger partial charge in [0.05, 0.1) is 37.2 Å². The molecule has 0 aromatic carbocycles. The first-order valence-electron chi connectivity index (χ1n) is 14.6. The van der Waals surface area contributed by atoms with Crippen LogP contribution in [0.2, 0.25) is 0 Å². The van der Waals surface area contributed by atoms with Gasteiger partial charge in [0.15, 0.2) is 23.2 Å². The second-order valence-corrected chi connectivity index (χ2v) is 13.4. The summed E-state index contributed by atoms with van der Waals surface area (Å²) in [6.45, 7) is 9.43. The molecule has 1 aliphatic rings. The molecule has 16 nitrogen and oxygen atoms in total. The summed E-state index contributed by atoms with van der Waals surface area (Å²) in [6, 6.07) is -1.05. The van der Waals surface area contributed by atoms with Gasteiger partial charge in [-0.15, -0.1) is 6.42 Å². The van der Waals surface area contributed by atoms with Crippen LogP contribution in [0.25, 0.3) is 11.2 Å². The van der Waals surface area contributed by atoms with Gasteiger partial charge in [-0.1, -0.05) is 19.8 Å². The Hall–Kier alpha value is -3.48. The van der Waals surface area contributed by atoms with Gasteiger partial charge >= 0.3 is 19.9 Å².